The van der Waals surface area contributed by atoms with E-state index in [9.17, 15) is 9.59 Å². The van der Waals surface area contributed by atoms with Crippen LogP contribution >= 0.6 is 0 Å². The van der Waals surface area contributed by atoms with Crippen LogP contribution in [0.25, 0.3) is 0 Å². The topological polar surface area (TPSA) is 71.1 Å². The van der Waals surface area contributed by atoms with E-state index in [1.807, 2.05) is 38.1 Å². The fourth-order valence-electron chi connectivity index (χ4n) is 2.51. The first-order valence-electron chi connectivity index (χ1n) is 8.24. The van der Waals surface area contributed by atoms with Gasteiger partial charge in [-0.2, -0.15) is 0 Å². The molecule has 5 nitrogen and oxygen atoms in total. The maximum atomic E-state index is 12.6. The normalized spacial score (nSPS) is 10.2. The molecule has 0 saturated heterocycles. The van der Waals surface area contributed by atoms with Crippen molar-refractivity contribution in [3.05, 3.63) is 89.2 Å². The first kappa shape index (κ1) is 17.4. The average Bonchev–Trinajstić information content (AvgIpc) is 2.62. The van der Waals surface area contributed by atoms with Gasteiger partial charge in [0.15, 0.2) is 0 Å². The molecule has 130 valence electrons. The van der Waals surface area contributed by atoms with Crippen molar-refractivity contribution < 1.29 is 9.59 Å². The van der Waals surface area contributed by atoms with Crippen molar-refractivity contribution in [1.82, 2.24) is 4.98 Å². The number of amides is 2. The van der Waals surface area contributed by atoms with Gasteiger partial charge in [0, 0.05) is 17.6 Å². The molecule has 1 aromatic heterocycles. The molecule has 2 N–H and O–H groups in total. The van der Waals surface area contributed by atoms with Crippen molar-refractivity contribution in [3.63, 3.8) is 0 Å². The second kappa shape index (κ2) is 7.61. The number of aryl methyl sites for hydroxylation is 2. The van der Waals surface area contributed by atoms with E-state index >= 15 is 0 Å². The number of anilines is 2. The lowest BCUT2D eigenvalue weighted by molar-refractivity contribution is 0.102. The Bertz CT molecular complexity index is 949. The van der Waals surface area contributed by atoms with E-state index in [1.54, 1.807) is 36.4 Å². The molecule has 0 aliphatic carbocycles. The number of pyridine rings is 1. The third-order valence-electron chi connectivity index (χ3n) is 3.87. The van der Waals surface area contributed by atoms with Crippen LogP contribution in [0, 0.1) is 13.8 Å². The summed E-state index contributed by atoms with van der Waals surface area (Å²) in [5.74, 6) is -0.596. The van der Waals surface area contributed by atoms with Gasteiger partial charge in [0.2, 0.25) is 0 Å². The molecular weight excluding hydrogens is 326 g/mol. The Hall–Kier alpha value is -3.47. The number of hydrogen-bond acceptors (Lipinski definition) is 3. The number of aromatic nitrogens is 1. The Morgan fingerprint density at radius 1 is 0.846 bits per heavy atom. The molecule has 5 heteroatoms. The van der Waals surface area contributed by atoms with E-state index in [0.717, 1.165) is 11.3 Å². The monoisotopic (exact) mass is 345 g/mol. The number of benzene rings is 2. The van der Waals surface area contributed by atoms with Gasteiger partial charge >= 0.3 is 0 Å². The van der Waals surface area contributed by atoms with Crippen LogP contribution in [-0.4, -0.2) is 16.8 Å². The maximum absolute atomic E-state index is 12.6. The van der Waals surface area contributed by atoms with Gasteiger partial charge in [-0.05, 0) is 55.8 Å². The van der Waals surface area contributed by atoms with E-state index in [-0.39, 0.29) is 11.8 Å². The molecule has 0 bridgehead atoms. The van der Waals surface area contributed by atoms with Crippen LogP contribution in [-0.2, 0) is 0 Å². The zero-order chi connectivity index (χ0) is 18.5. The summed E-state index contributed by atoms with van der Waals surface area (Å²) in [4.78, 5) is 29.2. The average molecular weight is 345 g/mol. The van der Waals surface area contributed by atoms with Gasteiger partial charge in [-0.3, -0.25) is 14.6 Å². The minimum atomic E-state index is -0.312. The molecule has 0 aliphatic heterocycles. The minimum Gasteiger partial charge on any atom is -0.322 e. The summed E-state index contributed by atoms with van der Waals surface area (Å²) in [5, 5.41) is 5.64. The molecular formula is C21H19N3O2. The molecule has 0 fully saturated rings. The molecule has 26 heavy (non-hydrogen) atoms. The lowest BCUT2D eigenvalue weighted by Gasteiger charge is -2.12. The molecule has 3 rings (SSSR count). The highest BCUT2D eigenvalue weighted by atomic mass is 16.2. The van der Waals surface area contributed by atoms with E-state index in [0.29, 0.717) is 22.5 Å². The summed E-state index contributed by atoms with van der Waals surface area (Å²) in [7, 11) is 0. The second-order valence-electron chi connectivity index (χ2n) is 6.01. The highest BCUT2D eigenvalue weighted by Gasteiger charge is 2.14. The van der Waals surface area contributed by atoms with Gasteiger partial charge in [-0.15, -0.1) is 0 Å². The molecule has 2 aromatic carbocycles. The fourth-order valence-corrected chi connectivity index (χ4v) is 2.51. The Balaban J connectivity index is 1.80. The molecule has 0 spiro atoms. The molecule has 3 aromatic rings. The van der Waals surface area contributed by atoms with Gasteiger partial charge in [0.1, 0.15) is 0 Å². The second-order valence-corrected chi connectivity index (χ2v) is 6.01. The molecule has 0 aliphatic rings. The van der Waals surface area contributed by atoms with E-state index < -0.39 is 0 Å². The van der Waals surface area contributed by atoms with Crippen LogP contribution in [0.15, 0.2) is 66.9 Å². The van der Waals surface area contributed by atoms with Crippen molar-refractivity contribution in [3.8, 4) is 0 Å². The summed E-state index contributed by atoms with van der Waals surface area (Å²) in [6.45, 7) is 3.81. The van der Waals surface area contributed by atoms with Crippen molar-refractivity contribution in [2.24, 2.45) is 0 Å². The van der Waals surface area contributed by atoms with Gasteiger partial charge in [-0.25, -0.2) is 0 Å². The number of para-hydroxylation sites is 1. The Morgan fingerprint density at radius 2 is 1.65 bits per heavy atom. The van der Waals surface area contributed by atoms with Gasteiger partial charge in [-0.1, -0.05) is 24.3 Å². The van der Waals surface area contributed by atoms with Crippen molar-refractivity contribution in [1.29, 1.82) is 0 Å². The fraction of sp³-hybridized carbons (Fsp3) is 0.0952. The number of carbonyl (C=O) groups is 2. The van der Waals surface area contributed by atoms with Crippen molar-refractivity contribution >= 4 is 23.2 Å². The number of nitrogens with one attached hydrogen (secondary N) is 2. The van der Waals surface area contributed by atoms with Crippen molar-refractivity contribution in [2.75, 3.05) is 10.6 Å². The van der Waals surface area contributed by atoms with E-state index in [1.165, 1.54) is 6.20 Å². The van der Waals surface area contributed by atoms with Crippen LogP contribution in [0.2, 0.25) is 0 Å². The first-order valence-corrected chi connectivity index (χ1v) is 8.24. The number of nitrogens with zero attached hydrogens (tertiary/aromatic N) is 1. The zero-order valence-electron chi connectivity index (χ0n) is 14.6. The molecule has 0 atom stereocenters. The lowest BCUT2D eigenvalue weighted by atomic mass is 10.1. The summed E-state index contributed by atoms with van der Waals surface area (Å²) < 4.78 is 0. The predicted molar refractivity (Wildman–Crippen MR) is 103 cm³/mol. The van der Waals surface area contributed by atoms with Crippen LogP contribution in [0.4, 0.5) is 11.4 Å². The minimum absolute atomic E-state index is 0.284. The van der Waals surface area contributed by atoms with Crippen LogP contribution < -0.4 is 10.6 Å². The first-order chi connectivity index (χ1) is 12.5. The van der Waals surface area contributed by atoms with Crippen LogP contribution in [0.3, 0.4) is 0 Å². The Labute approximate surface area is 152 Å². The number of rotatable bonds is 4. The van der Waals surface area contributed by atoms with Crippen LogP contribution in [0.5, 0.6) is 0 Å². The third-order valence-corrected chi connectivity index (χ3v) is 3.87. The molecule has 2 amide bonds. The SMILES string of the molecule is Cc1cccc(NC(=O)c2ccccc2NC(=O)c2ccc(C)nc2)c1. The maximum Gasteiger partial charge on any atom is 0.257 e. The third kappa shape index (κ3) is 4.13. The highest BCUT2D eigenvalue weighted by Crippen LogP contribution is 2.19. The molecule has 0 saturated carbocycles. The van der Waals surface area contributed by atoms with Gasteiger partial charge in [0.25, 0.3) is 11.8 Å². The van der Waals surface area contributed by atoms with Gasteiger partial charge < -0.3 is 10.6 Å². The summed E-state index contributed by atoms with van der Waals surface area (Å²) >= 11 is 0. The Morgan fingerprint density at radius 3 is 2.38 bits per heavy atom. The van der Waals surface area contributed by atoms with E-state index in [2.05, 4.69) is 15.6 Å². The largest absolute Gasteiger partial charge is 0.322 e. The smallest absolute Gasteiger partial charge is 0.257 e. The molecule has 0 radical (unpaired) electrons. The summed E-state index contributed by atoms with van der Waals surface area (Å²) in [6, 6.07) is 17.9. The standard InChI is InChI=1S/C21H19N3O2/c1-14-6-5-7-17(12-14)23-21(26)18-8-3-4-9-19(18)24-20(25)16-11-10-15(2)22-13-16/h3-13H,1-2H3,(H,23,26)(H,24,25). The Kier molecular flexibility index (Phi) is 5.08. The lowest BCUT2D eigenvalue weighted by Crippen LogP contribution is -2.18. The summed E-state index contributed by atoms with van der Waals surface area (Å²) in [5.41, 5.74) is 3.87. The quantitative estimate of drug-likeness (QED) is 0.744. The highest BCUT2D eigenvalue weighted by molar-refractivity contribution is 6.12. The van der Waals surface area contributed by atoms with Crippen molar-refractivity contribution in [2.45, 2.75) is 13.8 Å². The predicted octanol–water partition coefficient (Wildman–Crippen LogP) is 4.20. The number of carbonyl (C=O) groups excluding carboxylic acids is 2. The van der Waals surface area contributed by atoms with Gasteiger partial charge in [0.05, 0.1) is 16.8 Å². The van der Waals surface area contributed by atoms with E-state index in [4.69, 9.17) is 0 Å². The summed E-state index contributed by atoms with van der Waals surface area (Å²) in [6.07, 6.45) is 1.51. The number of hydrogen-bond donors (Lipinski definition) is 2. The zero-order valence-corrected chi connectivity index (χ0v) is 14.6. The molecule has 1 heterocycles. The van der Waals surface area contributed by atoms with Crippen LogP contribution in [0.1, 0.15) is 32.0 Å². The molecule has 0 unspecified atom stereocenters.